The van der Waals surface area contributed by atoms with Crippen LogP contribution >= 0.6 is 0 Å². The van der Waals surface area contributed by atoms with E-state index in [1.165, 1.54) is 12.1 Å². The summed E-state index contributed by atoms with van der Waals surface area (Å²) in [4.78, 5) is 7.47. The highest BCUT2D eigenvalue weighted by Crippen LogP contribution is 2.28. The van der Waals surface area contributed by atoms with Crippen molar-refractivity contribution in [3.63, 3.8) is 0 Å². The Morgan fingerprint density at radius 3 is 2.79 bits per heavy atom. The first-order chi connectivity index (χ1) is 9.17. The van der Waals surface area contributed by atoms with Crippen molar-refractivity contribution >= 4 is 16.7 Å². The van der Waals surface area contributed by atoms with Crippen molar-refractivity contribution in [1.29, 1.82) is 0 Å². The lowest BCUT2D eigenvalue weighted by atomic mass is 10.2. The van der Waals surface area contributed by atoms with Gasteiger partial charge in [-0.2, -0.15) is 0 Å². The standard InChI is InChI=1S/C14H12FN3O/c1-19-13-5-2-8(6-10(13)16)14-17-11-4-3-9(15)7-12(11)18-14/h2-7H,16H2,1H3,(H,17,18). The number of aromatic amines is 1. The number of hydrogen-bond acceptors (Lipinski definition) is 3. The molecule has 0 aliphatic heterocycles. The smallest absolute Gasteiger partial charge is 0.141 e. The van der Waals surface area contributed by atoms with Crippen molar-refractivity contribution < 1.29 is 9.13 Å². The molecule has 19 heavy (non-hydrogen) atoms. The van der Waals surface area contributed by atoms with Gasteiger partial charge < -0.3 is 15.5 Å². The molecule has 2 aromatic carbocycles. The highest BCUT2D eigenvalue weighted by Gasteiger charge is 2.08. The maximum atomic E-state index is 13.1. The zero-order chi connectivity index (χ0) is 13.4. The minimum Gasteiger partial charge on any atom is -0.495 e. The summed E-state index contributed by atoms with van der Waals surface area (Å²) < 4.78 is 18.2. The molecule has 0 aliphatic carbocycles. The number of halogens is 1. The molecular formula is C14H12FN3O. The Morgan fingerprint density at radius 1 is 1.21 bits per heavy atom. The quantitative estimate of drug-likeness (QED) is 0.694. The molecule has 0 spiro atoms. The number of nitrogens with one attached hydrogen (secondary N) is 1. The molecule has 0 saturated carbocycles. The van der Waals surface area contributed by atoms with Crippen molar-refractivity contribution in [3.05, 3.63) is 42.2 Å². The monoisotopic (exact) mass is 257 g/mol. The van der Waals surface area contributed by atoms with Crippen LogP contribution in [-0.4, -0.2) is 17.1 Å². The summed E-state index contributed by atoms with van der Waals surface area (Å²) in [7, 11) is 1.56. The first-order valence-electron chi connectivity index (χ1n) is 5.76. The van der Waals surface area contributed by atoms with Crippen LogP contribution in [0.5, 0.6) is 5.75 Å². The number of aromatic nitrogens is 2. The van der Waals surface area contributed by atoms with Crippen LogP contribution in [0.4, 0.5) is 10.1 Å². The second kappa shape index (κ2) is 4.28. The highest BCUT2D eigenvalue weighted by atomic mass is 19.1. The van der Waals surface area contributed by atoms with E-state index in [-0.39, 0.29) is 5.82 Å². The van der Waals surface area contributed by atoms with Crippen LogP contribution in [0.1, 0.15) is 0 Å². The van der Waals surface area contributed by atoms with E-state index in [9.17, 15) is 4.39 Å². The van der Waals surface area contributed by atoms with Crippen molar-refractivity contribution in [3.8, 4) is 17.1 Å². The molecule has 1 aromatic heterocycles. The number of anilines is 1. The average Bonchev–Trinajstić information content (AvgIpc) is 2.81. The fourth-order valence-electron chi connectivity index (χ4n) is 2.00. The first kappa shape index (κ1) is 11.5. The third kappa shape index (κ3) is 1.99. The van der Waals surface area contributed by atoms with E-state index in [1.54, 1.807) is 25.3 Å². The first-order valence-corrected chi connectivity index (χ1v) is 5.76. The maximum absolute atomic E-state index is 13.1. The van der Waals surface area contributed by atoms with Crippen molar-refractivity contribution in [1.82, 2.24) is 9.97 Å². The Kier molecular flexibility index (Phi) is 2.59. The summed E-state index contributed by atoms with van der Waals surface area (Å²) in [6, 6.07) is 9.83. The van der Waals surface area contributed by atoms with Gasteiger partial charge in [0.2, 0.25) is 0 Å². The van der Waals surface area contributed by atoms with Crippen LogP contribution < -0.4 is 10.5 Å². The Hall–Kier alpha value is -2.56. The maximum Gasteiger partial charge on any atom is 0.141 e. The molecule has 0 radical (unpaired) electrons. The van der Waals surface area contributed by atoms with Crippen LogP contribution in [0.2, 0.25) is 0 Å². The lowest BCUT2D eigenvalue weighted by Crippen LogP contribution is -1.92. The van der Waals surface area contributed by atoms with Gasteiger partial charge in [0, 0.05) is 5.56 Å². The molecule has 0 aliphatic rings. The number of hydrogen-bond donors (Lipinski definition) is 2. The Morgan fingerprint density at radius 2 is 2.05 bits per heavy atom. The van der Waals surface area contributed by atoms with Gasteiger partial charge in [0.05, 0.1) is 23.8 Å². The van der Waals surface area contributed by atoms with E-state index < -0.39 is 0 Å². The number of rotatable bonds is 2. The normalized spacial score (nSPS) is 10.8. The zero-order valence-electron chi connectivity index (χ0n) is 10.3. The molecule has 0 fully saturated rings. The molecule has 0 amide bonds. The van der Waals surface area contributed by atoms with Crippen molar-refractivity contribution in [2.24, 2.45) is 0 Å². The third-order valence-corrected chi connectivity index (χ3v) is 2.95. The summed E-state index contributed by atoms with van der Waals surface area (Å²) in [5, 5.41) is 0. The summed E-state index contributed by atoms with van der Waals surface area (Å²) in [6.45, 7) is 0. The number of benzene rings is 2. The van der Waals surface area contributed by atoms with Crippen LogP contribution in [0.3, 0.4) is 0 Å². The molecule has 0 saturated heterocycles. The molecule has 0 atom stereocenters. The van der Waals surface area contributed by atoms with Gasteiger partial charge in [-0.25, -0.2) is 9.37 Å². The van der Waals surface area contributed by atoms with Gasteiger partial charge >= 0.3 is 0 Å². The van der Waals surface area contributed by atoms with E-state index in [0.29, 0.717) is 28.3 Å². The molecule has 3 N–H and O–H groups in total. The predicted octanol–water partition coefficient (Wildman–Crippen LogP) is 2.96. The summed E-state index contributed by atoms with van der Waals surface area (Å²) in [5.74, 6) is 0.970. The number of nitrogens with two attached hydrogens (primary N) is 1. The number of methoxy groups -OCH3 is 1. The molecule has 96 valence electrons. The average molecular weight is 257 g/mol. The van der Waals surface area contributed by atoms with Gasteiger partial charge in [-0.1, -0.05) is 0 Å². The largest absolute Gasteiger partial charge is 0.495 e. The SMILES string of the molecule is COc1ccc(-c2nc3ccc(F)cc3[nH]2)cc1N. The zero-order valence-corrected chi connectivity index (χ0v) is 10.3. The van der Waals surface area contributed by atoms with Crippen LogP contribution in [0, 0.1) is 5.82 Å². The van der Waals surface area contributed by atoms with Gasteiger partial charge in [-0.3, -0.25) is 0 Å². The van der Waals surface area contributed by atoms with Crippen molar-refractivity contribution in [2.45, 2.75) is 0 Å². The topological polar surface area (TPSA) is 63.9 Å². The summed E-state index contributed by atoms with van der Waals surface area (Å²) in [5.41, 5.74) is 8.59. The molecule has 3 rings (SSSR count). The van der Waals surface area contributed by atoms with Crippen LogP contribution in [0.15, 0.2) is 36.4 Å². The van der Waals surface area contributed by atoms with Crippen LogP contribution in [0.25, 0.3) is 22.4 Å². The lowest BCUT2D eigenvalue weighted by molar-refractivity contribution is 0.417. The second-order valence-corrected chi connectivity index (χ2v) is 4.20. The van der Waals surface area contributed by atoms with Gasteiger partial charge in [0.1, 0.15) is 17.4 Å². The minimum atomic E-state index is -0.294. The van der Waals surface area contributed by atoms with Crippen molar-refractivity contribution in [2.75, 3.05) is 12.8 Å². The molecule has 0 unspecified atom stereocenters. The number of nitrogen functional groups attached to an aromatic ring is 1. The number of H-pyrrole nitrogens is 1. The van der Waals surface area contributed by atoms with Gasteiger partial charge in [-0.15, -0.1) is 0 Å². The lowest BCUT2D eigenvalue weighted by Gasteiger charge is -2.05. The minimum absolute atomic E-state index is 0.294. The fraction of sp³-hybridized carbons (Fsp3) is 0.0714. The van der Waals surface area contributed by atoms with E-state index >= 15 is 0 Å². The summed E-state index contributed by atoms with van der Waals surface area (Å²) in [6.07, 6.45) is 0. The molecule has 1 heterocycles. The molecule has 3 aromatic rings. The number of ether oxygens (including phenoxy) is 1. The van der Waals surface area contributed by atoms with E-state index in [2.05, 4.69) is 9.97 Å². The number of nitrogens with zero attached hydrogens (tertiary/aromatic N) is 1. The summed E-state index contributed by atoms with van der Waals surface area (Å²) >= 11 is 0. The Balaban J connectivity index is 2.11. The number of imidazole rings is 1. The third-order valence-electron chi connectivity index (χ3n) is 2.95. The second-order valence-electron chi connectivity index (χ2n) is 4.20. The van der Waals surface area contributed by atoms with E-state index in [0.717, 1.165) is 5.56 Å². The molecular weight excluding hydrogens is 245 g/mol. The van der Waals surface area contributed by atoms with Gasteiger partial charge in [0.15, 0.2) is 0 Å². The van der Waals surface area contributed by atoms with E-state index in [4.69, 9.17) is 10.5 Å². The van der Waals surface area contributed by atoms with Crippen LogP contribution in [-0.2, 0) is 0 Å². The number of fused-ring (bicyclic) bond motifs is 1. The highest BCUT2D eigenvalue weighted by molar-refractivity contribution is 5.80. The van der Waals surface area contributed by atoms with Gasteiger partial charge in [0.25, 0.3) is 0 Å². The Bertz CT molecular complexity index is 752. The molecule has 4 nitrogen and oxygen atoms in total. The van der Waals surface area contributed by atoms with E-state index in [1.807, 2.05) is 6.07 Å². The van der Waals surface area contributed by atoms with Gasteiger partial charge in [-0.05, 0) is 36.4 Å². The molecule has 5 heteroatoms. The predicted molar refractivity (Wildman–Crippen MR) is 72.5 cm³/mol. The Labute approximate surface area is 109 Å². The fourth-order valence-corrected chi connectivity index (χ4v) is 2.00. The molecule has 0 bridgehead atoms.